The highest BCUT2D eigenvalue weighted by Gasteiger charge is 2.17. The van der Waals surface area contributed by atoms with Crippen LogP contribution in [0, 0.1) is 19.7 Å². The van der Waals surface area contributed by atoms with Crippen molar-refractivity contribution in [1.29, 1.82) is 0 Å². The van der Waals surface area contributed by atoms with Gasteiger partial charge in [-0.15, -0.1) is 11.3 Å². The van der Waals surface area contributed by atoms with Gasteiger partial charge in [-0.3, -0.25) is 0 Å². The van der Waals surface area contributed by atoms with E-state index in [1.807, 2.05) is 31.4 Å². The first kappa shape index (κ1) is 14.2. The van der Waals surface area contributed by atoms with Crippen molar-refractivity contribution in [2.75, 3.05) is 6.54 Å². The SMILES string of the molecule is CCNC(Cc1nc(C)cs1)c1cccc(C)c1F. The number of hydrogen-bond acceptors (Lipinski definition) is 3. The van der Waals surface area contributed by atoms with E-state index in [0.717, 1.165) is 29.2 Å². The highest BCUT2D eigenvalue weighted by molar-refractivity contribution is 7.09. The second-order valence-corrected chi connectivity index (χ2v) is 5.62. The Hall–Kier alpha value is -1.26. The summed E-state index contributed by atoms with van der Waals surface area (Å²) in [7, 11) is 0. The molecule has 1 atom stereocenters. The van der Waals surface area contributed by atoms with Crippen LogP contribution in [0.1, 0.15) is 34.8 Å². The lowest BCUT2D eigenvalue weighted by Crippen LogP contribution is -2.24. The normalized spacial score (nSPS) is 12.6. The summed E-state index contributed by atoms with van der Waals surface area (Å²) >= 11 is 1.63. The average molecular weight is 278 g/mol. The number of benzene rings is 1. The van der Waals surface area contributed by atoms with Gasteiger partial charge >= 0.3 is 0 Å². The summed E-state index contributed by atoms with van der Waals surface area (Å²) < 4.78 is 14.2. The van der Waals surface area contributed by atoms with Crippen LogP contribution in [0.5, 0.6) is 0 Å². The van der Waals surface area contributed by atoms with Crippen LogP contribution in [0.25, 0.3) is 0 Å². The van der Waals surface area contributed by atoms with E-state index in [1.54, 1.807) is 24.3 Å². The van der Waals surface area contributed by atoms with Gasteiger partial charge in [0, 0.05) is 29.1 Å². The van der Waals surface area contributed by atoms with Crippen molar-refractivity contribution in [2.24, 2.45) is 0 Å². The maximum absolute atomic E-state index is 14.2. The summed E-state index contributed by atoms with van der Waals surface area (Å²) in [5.41, 5.74) is 2.45. The van der Waals surface area contributed by atoms with Gasteiger partial charge in [-0.2, -0.15) is 0 Å². The highest BCUT2D eigenvalue weighted by Crippen LogP contribution is 2.24. The van der Waals surface area contributed by atoms with E-state index in [9.17, 15) is 4.39 Å². The third-order valence-electron chi connectivity index (χ3n) is 3.09. The molecule has 2 nitrogen and oxygen atoms in total. The molecule has 102 valence electrons. The Morgan fingerprint density at radius 2 is 2.16 bits per heavy atom. The zero-order valence-corrected chi connectivity index (χ0v) is 12.4. The summed E-state index contributed by atoms with van der Waals surface area (Å²) in [6.07, 6.45) is 0.729. The zero-order valence-electron chi connectivity index (χ0n) is 11.5. The predicted molar refractivity (Wildman–Crippen MR) is 78.1 cm³/mol. The molecule has 19 heavy (non-hydrogen) atoms. The van der Waals surface area contributed by atoms with Crippen molar-refractivity contribution in [2.45, 2.75) is 33.2 Å². The van der Waals surface area contributed by atoms with Crippen molar-refractivity contribution in [1.82, 2.24) is 10.3 Å². The Balaban J connectivity index is 2.26. The minimum absolute atomic E-state index is 0.0181. The molecular formula is C15H19FN2S. The maximum Gasteiger partial charge on any atom is 0.130 e. The first-order valence-corrected chi connectivity index (χ1v) is 7.39. The molecule has 1 unspecified atom stereocenters. The first-order chi connectivity index (χ1) is 9.11. The van der Waals surface area contributed by atoms with Crippen LogP contribution >= 0.6 is 11.3 Å². The molecule has 1 heterocycles. The van der Waals surface area contributed by atoms with Gasteiger partial charge in [-0.25, -0.2) is 9.37 Å². The van der Waals surface area contributed by atoms with Gasteiger partial charge < -0.3 is 5.32 Å². The Bertz CT molecular complexity index is 551. The molecule has 1 aromatic heterocycles. The largest absolute Gasteiger partial charge is 0.310 e. The second-order valence-electron chi connectivity index (χ2n) is 4.68. The average Bonchev–Trinajstić information content (AvgIpc) is 2.78. The second kappa shape index (κ2) is 6.26. The predicted octanol–water partition coefficient (Wildman–Crippen LogP) is 3.79. The van der Waals surface area contributed by atoms with Gasteiger partial charge in [0.1, 0.15) is 5.82 Å². The first-order valence-electron chi connectivity index (χ1n) is 6.51. The number of likely N-dealkylation sites (N-methyl/N-ethyl adjacent to an activating group) is 1. The van der Waals surface area contributed by atoms with Crippen LogP contribution in [0.15, 0.2) is 23.6 Å². The summed E-state index contributed by atoms with van der Waals surface area (Å²) in [6, 6.07) is 5.55. The fourth-order valence-electron chi connectivity index (χ4n) is 2.15. The van der Waals surface area contributed by atoms with E-state index in [2.05, 4.69) is 10.3 Å². The van der Waals surface area contributed by atoms with Crippen molar-refractivity contribution in [3.8, 4) is 0 Å². The number of nitrogens with one attached hydrogen (secondary N) is 1. The molecule has 1 aromatic carbocycles. The van der Waals surface area contributed by atoms with Crippen LogP contribution in [-0.2, 0) is 6.42 Å². The molecule has 2 rings (SSSR count). The van der Waals surface area contributed by atoms with Gasteiger partial charge in [0.05, 0.1) is 5.01 Å². The van der Waals surface area contributed by atoms with Crippen LogP contribution in [0.3, 0.4) is 0 Å². The van der Waals surface area contributed by atoms with E-state index < -0.39 is 0 Å². The Labute approximate surface area is 117 Å². The number of aromatic nitrogens is 1. The summed E-state index contributed by atoms with van der Waals surface area (Å²) in [6.45, 7) is 6.63. The van der Waals surface area contributed by atoms with Crippen molar-refractivity contribution < 1.29 is 4.39 Å². The van der Waals surface area contributed by atoms with Gasteiger partial charge in [0.2, 0.25) is 0 Å². The van der Waals surface area contributed by atoms with Crippen LogP contribution in [0.2, 0.25) is 0 Å². The molecule has 0 aliphatic carbocycles. The quantitative estimate of drug-likeness (QED) is 0.900. The summed E-state index contributed by atoms with van der Waals surface area (Å²) in [4.78, 5) is 4.47. The Morgan fingerprint density at radius 3 is 2.79 bits per heavy atom. The number of aryl methyl sites for hydroxylation is 2. The lowest BCUT2D eigenvalue weighted by atomic mass is 10.0. The number of hydrogen-bond donors (Lipinski definition) is 1. The van der Waals surface area contributed by atoms with E-state index in [-0.39, 0.29) is 11.9 Å². The Morgan fingerprint density at radius 1 is 1.37 bits per heavy atom. The molecule has 4 heteroatoms. The minimum Gasteiger partial charge on any atom is -0.310 e. The fraction of sp³-hybridized carbons (Fsp3) is 0.400. The molecular weight excluding hydrogens is 259 g/mol. The van der Waals surface area contributed by atoms with Crippen molar-refractivity contribution in [3.05, 3.63) is 51.2 Å². The zero-order chi connectivity index (χ0) is 13.8. The third kappa shape index (κ3) is 3.39. The molecule has 0 amide bonds. The number of nitrogens with zero attached hydrogens (tertiary/aromatic N) is 1. The minimum atomic E-state index is -0.110. The van der Waals surface area contributed by atoms with Crippen molar-refractivity contribution in [3.63, 3.8) is 0 Å². The fourth-order valence-corrected chi connectivity index (χ4v) is 2.97. The van der Waals surface area contributed by atoms with Crippen molar-refractivity contribution >= 4 is 11.3 Å². The Kier molecular flexibility index (Phi) is 4.66. The lowest BCUT2D eigenvalue weighted by molar-refractivity contribution is 0.506. The van der Waals surface area contributed by atoms with E-state index >= 15 is 0 Å². The molecule has 0 saturated heterocycles. The number of rotatable bonds is 5. The molecule has 0 fully saturated rings. The highest BCUT2D eigenvalue weighted by atomic mass is 32.1. The van der Waals surface area contributed by atoms with Gasteiger partial charge in [-0.05, 0) is 26.0 Å². The summed E-state index contributed by atoms with van der Waals surface area (Å²) in [5, 5.41) is 6.43. The van der Waals surface area contributed by atoms with Gasteiger partial charge in [0.15, 0.2) is 0 Å². The molecule has 0 saturated carbocycles. The number of halogens is 1. The monoisotopic (exact) mass is 278 g/mol. The molecule has 2 aromatic rings. The lowest BCUT2D eigenvalue weighted by Gasteiger charge is -2.18. The molecule has 1 N–H and O–H groups in total. The van der Waals surface area contributed by atoms with Crippen LogP contribution in [-0.4, -0.2) is 11.5 Å². The summed E-state index contributed by atoms with van der Waals surface area (Å²) in [5.74, 6) is -0.110. The smallest absolute Gasteiger partial charge is 0.130 e. The van der Waals surface area contributed by atoms with Gasteiger partial charge in [-0.1, -0.05) is 25.1 Å². The molecule has 0 spiro atoms. The van der Waals surface area contributed by atoms with E-state index in [4.69, 9.17) is 0 Å². The molecule has 0 aliphatic rings. The number of thiazole rings is 1. The van der Waals surface area contributed by atoms with Gasteiger partial charge in [0.25, 0.3) is 0 Å². The standard InChI is InChI=1S/C15H19FN2S/c1-4-17-13(8-14-18-11(3)9-19-14)12-7-5-6-10(2)15(12)16/h5-7,9,13,17H,4,8H2,1-3H3. The molecule has 0 bridgehead atoms. The van der Waals surface area contributed by atoms with E-state index in [0.29, 0.717) is 5.56 Å². The van der Waals surface area contributed by atoms with E-state index in [1.165, 1.54) is 0 Å². The molecule has 0 aliphatic heterocycles. The van der Waals surface area contributed by atoms with Crippen LogP contribution < -0.4 is 5.32 Å². The topological polar surface area (TPSA) is 24.9 Å². The maximum atomic E-state index is 14.2. The van der Waals surface area contributed by atoms with Crippen LogP contribution in [0.4, 0.5) is 4.39 Å². The molecule has 0 radical (unpaired) electrons. The third-order valence-corrected chi connectivity index (χ3v) is 4.08.